The molecule has 0 fully saturated rings. The summed E-state index contributed by atoms with van der Waals surface area (Å²) in [6.07, 6.45) is 1.61. The second-order valence-electron chi connectivity index (χ2n) is 7.82. The zero-order valence-corrected chi connectivity index (χ0v) is 20.3. The summed E-state index contributed by atoms with van der Waals surface area (Å²) < 4.78 is 13.8. The summed E-state index contributed by atoms with van der Waals surface area (Å²) in [5.41, 5.74) is 2.05. The predicted octanol–water partition coefficient (Wildman–Crippen LogP) is 5.44. The third kappa shape index (κ3) is 4.64. The van der Waals surface area contributed by atoms with Gasteiger partial charge >= 0.3 is 0 Å². The van der Waals surface area contributed by atoms with Crippen molar-refractivity contribution in [2.24, 2.45) is 4.99 Å². The Bertz CT molecular complexity index is 1290. The molecule has 6 nitrogen and oxygen atoms in total. The van der Waals surface area contributed by atoms with Crippen molar-refractivity contribution >= 4 is 40.6 Å². The van der Waals surface area contributed by atoms with Crippen molar-refractivity contribution in [1.29, 1.82) is 0 Å². The molecule has 2 aromatic carbocycles. The van der Waals surface area contributed by atoms with Gasteiger partial charge in [0.15, 0.2) is 10.8 Å². The highest BCUT2D eigenvalue weighted by atomic mass is 35.5. The molecule has 1 aliphatic heterocycles. The Morgan fingerprint density at radius 3 is 2.56 bits per heavy atom. The topological polar surface area (TPSA) is 74.7 Å². The van der Waals surface area contributed by atoms with E-state index < -0.39 is 17.8 Å². The van der Waals surface area contributed by atoms with Gasteiger partial charge in [0.1, 0.15) is 11.9 Å². The summed E-state index contributed by atoms with van der Waals surface area (Å²) in [7, 11) is 0. The zero-order chi connectivity index (χ0) is 24.4. The van der Waals surface area contributed by atoms with Crippen molar-refractivity contribution in [1.82, 2.24) is 15.2 Å². The fourth-order valence-corrected chi connectivity index (χ4v) is 4.82. The van der Waals surface area contributed by atoms with Gasteiger partial charge in [-0.3, -0.25) is 19.5 Å². The van der Waals surface area contributed by atoms with Crippen molar-refractivity contribution in [3.05, 3.63) is 98.4 Å². The fourth-order valence-electron chi connectivity index (χ4n) is 3.93. The van der Waals surface area contributed by atoms with E-state index in [9.17, 15) is 14.0 Å². The summed E-state index contributed by atoms with van der Waals surface area (Å²) in [6.45, 7) is 4.97. The SMILES string of the molecule is CC(=O)N1C(c2nccs2)=N[C@@H](c2ccc(F)cc2Cl)C(C(=O)NC(C)c2ccccc2)=C1C. The minimum atomic E-state index is -0.856. The first-order valence-corrected chi connectivity index (χ1v) is 11.8. The van der Waals surface area contributed by atoms with Crippen molar-refractivity contribution in [2.45, 2.75) is 32.9 Å². The van der Waals surface area contributed by atoms with Crippen LogP contribution in [0, 0.1) is 5.82 Å². The highest BCUT2D eigenvalue weighted by Gasteiger charge is 2.37. The molecule has 0 saturated carbocycles. The number of aliphatic imine (C=N–C) groups is 1. The van der Waals surface area contributed by atoms with E-state index in [0.717, 1.165) is 5.56 Å². The van der Waals surface area contributed by atoms with Crippen LogP contribution in [0.25, 0.3) is 0 Å². The number of carbonyl (C=O) groups is 2. The van der Waals surface area contributed by atoms with Crippen LogP contribution in [0.3, 0.4) is 0 Å². The average Bonchev–Trinajstić information content (AvgIpc) is 3.33. The number of nitrogens with one attached hydrogen (secondary N) is 1. The molecule has 2 atom stereocenters. The molecule has 174 valence electrons. The number of halogens is 2. The third-order valence-electron chi connectivity index (χ3n) is 5.55. The van der Waals surface area contributed by atoms with E-state index in [4.69, 9.17) is 16.6 Å². The third-order valence-corrected chi connectivity index (χ3v) is 6.65. The van der Waals surface area contributed by atoms with E-state index in [-0.39, 0.29) is 22.5 Å². The lowest BCUT2D eigenvalue weighted by Crippen LogP contribution is -2.42. The van der Waals surface area contributed by atoms with Gasteiger partial charge in [-0.25, -0.2) is 9.37 Å². The van der Waals surface area contributed by atoms with E-state index in [0.29, 0.717) is 22.1 Å². The first-order valence-electron chi connectivity index (χ1n) is 10.6. The monoisotopic (exact) mass is 496 g/mol. The molecule has 2 heterocycles. The van der Waals surface area contributed by atoms with Crippen LogP contribution in [0.15, 0.2) is 76.4 Å². The van der Waals surface area contributed by atoms with Gasteiger partial charge in [-0.1, -0.05) is 48.0 Å². The minimum absolute atomic E-state index is 0.137. The second-order valence-corrected chi connectivity index (χ2v) is 9.12. The Hall–Kier alpha value is -3.36. The standard InChI is InChI=1S/C25H22ClFN4O2S/c1-14(17-7-5-4-6-8-17)29-24(33)21-15(2)31(16(3)32)23(25-28-11-12-34-25)30-22(21)19-10-9-18(27)13-20(19)26/h4-14,22H,1-3H3,(H,29,33)/t14?,22-/m0/s1. The Kier molecular flexibility index (Phi) is 6.90. The molecular formula is C25H22ClFN4O2S. The normalized spacial score (nSPS) is 16.8. The molecule has 0 radical (unpaired) electrons. The highest BCUT2D eigenvalue weighted by Crippen LogP contribution is 2.39. The molecule has 1 unspecified atom stereocenters. The van der Waals surface area contributed by atoms with Crippen LogP contribution in [0.5, 0.6) is 0 Å². The summed E-state index contributed by atoms with van der Waals surface area (Å²) >= 11 is 7.72. The molecule has 1 aliphatic rings. The lowest BCUT2D eigenvalue weighted by Gasteiger charge is -2.33. The predicted molar refractivity (Wildman–Crippen MR) is 131 cm³/mol. The molecular weight excluding hydrogens is 475 g/mol. The van der Waals surface area contributed by atoms with Crippen molar-refractivity contribution in [3.8, 4) is 0 Å². The number of amides is 2. The highest BCUT2D eigenvalue weighted by molar-refractivity contribution is 7.11. The number of nitrogens with zero attached hydrogens (tertiary/aromatic N) is 3. The van der Waals surface area contributed by atoms with Crippen LogP contribution in [0.1, 0.15) is 49.0 Å². The zero-order valence-electron chi connectivity index (χ0n) is 18.8. The largest absolute Gasteiger partial charge is 0.346 e. The number of rotatable bonds is 5. The molecule has 9 heteroatoms. The smallest absolute Gasteiger partial charge is 0.251 e. The van der Waals surface area contributed by atoms with Crippen LogP contribution >= 0.6 is 22.9 Å². The van der Waals surface area contributed by atoms with Crippen LogP contribution < -0.4 is 5.32 Å². The van der Waals surface area contributed by atoms with Gasteiger partial charge in [-0.2, -0.15) is 0 Å². The fraction of sp³-hybridized carbons (Fsp3) is 0.200. The molecule has 2 amide bonds. The molecule has 0 bridgehead atoms. The number of allylic oxidation sites excluding steroid dienone is 1. The van der Waals surface area contributed by atoms with Crippen LogP contribution in [0.4, 0.5) is 4.39 Å². The average molecular weight is 497 g/mol. The Morgan fingerprint density at radius 2 is 1.94 bits per heavy atom. The minimum Gasteiger partial charge on any atom is -0.346 e. The number of hydrogen-bond donors (Lipinski definition) is 1. The molecule has 1 N–H and O–H groups in total. The molecule has 1 aromatic heterocycles. The number of benzene rings is 2. The summed E-state index contributed by atoms with van der Waals surface area (Å²) in [5, 5.41) is 5.44. The maximum Gasteiger partial charge on any atom is 0.251 e. The van der Waals surface area contributed by atoms with Crippen LogP contribution in [0.2, 0.25) is 5.02 Å². The van der Waals surface area contributed by atoms with Crippen molar-refractivity contribution in [2.75, 3.05) is 0 Å². The molecule has 4 rings (SSSR count). The maximum absolute atomic E-state index is 13.8. The Balaban J connectivity index is 1.83. The number of aromatic nitrogens is 1. The summed E-state index contributed by atoms with van der Waals surface area (Å²) in [6, 6.07) is 12.3. The number of thiazole rings is 1. The van der Waals surface area contributed by atoms with Gasteiger partial charge in [-0.05, 0) is 31.5 Å². The van der Waals surface area contributed by atoms with E-state index in [1.165, 1.54) is 41.4 Å². The molecule has 0 saturated heterocycles. The summed E-state index contributed by atoms with van der Waals surface area (Å²) in [5.74, 6) is -0.884. The first kappa shape index (κ1) is 23.8. The molecule has 0 aliphatic carbocycles. The van der Waals surface area contributed by atoms with Crippen LogP contribution in [-0.2, 0) is 9.59 Å². The summed E-state index contributed by atoms with van der Waals surface area (Å²) in [4.78, 5) is 36.7. The van der Waals surface area contributed by atoms with E-state index >= 15 is 0 Å². The Labute approximate surface area is 205 Å². The maximum atomic E-state index is 13.8. The number of amidine groups is 1. The van der Waals surface area contributed by atoms with E-state index in [1.807, 2.05) is 37.3 Å². The number of carbonyl (C=O) groups excluding carboxylic acids is 2. The van der Waals surface area contributed by atoms with Gasteiger partial charge < -0.3 is 5.32 Å². The second kappa shape index (κ2) is 9.87. The van der Waals surface area contributed by atoms with Gasteiger partial charge in [0.2, 0.25) is 5.91 Å². The number of hydrogen-bond acceptors (Lipinski definition) is 5. The molecule has 0 spiro atoms. The lowest BCUT2D eigenvalue weighted by atomic mass is 9.94. The van der Waals surface area contributed by atoms with Crippen molar-refractivity contribution < 1.29 is 14.0 Å². The van der Waals surface area contributed by atoms with Gasteiger partial charge in [0.05, 0.1) is 11.6 Å². The molecule has 34 heavy (non-hydrogen) atoms. The molecule has 3 aromatic rings. The quantitative estimate of drug-likeness (QED) is 0.511. The van der Waals surface area contributed by atoms with Gasteiger partial charge in [0.25, 0.3) is 5.91 Å². The van der Waals surface area contributed by atoms with E-state index in [1.54, 1.807) is 18.5 Å². The van der Waals surface area contributed by atoms with Crippen molar-refractivity contribution in [3.63, 3.8) is 0 Å². The first-order chi connectivity index (χ1) is 16.3. The van der Waals surface area contributed by atoms with Crippen LogP contribution in [-0.4, -0.2) is 27.5 Å². The lowest BCUT2D eigenvalue weighted by molar-refractivity contribution is -0.123. The van der Waals surface area contributed by atoms with E-state index in [2.05, 4.69) is 10.3 Å². The Morgan fingerprint density at radius 1 is 1.21 bits per heavy atom. The van der Waals surface area contributed by atoms with Gasteiger partial charge in [0, 0.05) is 34.8 Å². The van der Waals surface area contributed by atoms with Gasteiger partial charge in [-0.15, -0.1) is 11.3 Å².